The topological polar surface area (TPSA) is 64.7 Å². The van der Waals surface area contributed by atoms with Crippen LogP contribution in [-0.4, -0.2) is 74.0 Å². The molecule has 1 aliphatic heterocycles. The molecule has 1 saturated heterocycles. The lowest BCUT2D eigenvalue weighted by Gasteiger charge is -2.32. The molecule has 0 bridgehead atoms. The van der Waals surface area contributed by atoms with Gasteiger partial charge in [0.1, 0.15) is 0 Å². The van der Waals surface area contributed by atoms with Gasteiger partial charge in [-0.05, 0) is 20.9 Å². The number of piperazine rings is 1. The Kier molecular flexibility index (Phi) is 6.07. The van der Waals surface area contributed by atoms with Gasteiger partial charge in [-0.3, -0.25) is 14.9 Å². The zero-order chi connectivity index (χ0) is 13.5. The van der Waals surface area contributed by atoms with Gasteiger partial charge in [-0.15, -0.1) is 0 Å². The maximum Gasteiger partial charge on any atom is 0.236 e. The first-order chi connectivity index (χ1) is 8.54. The molecule has 0 aromatic heterocycles. The van der Waals surface area contributed by atoms with Crippen LogP contribution in [0.15, 0.2) is 0 Å². The summed E-state index contributed by atoms with van der Waals surface area (Å²) in [4.78, 5) is 27.4. The molecule has 1 heterocycles. The number of likely N-dealkylation sites (N-methyl/N-ethyl adjacent to an activating group) is 2. The van der Waals surface area contributed by atoms with Gasteiger partial charge < -0.3 is 15.1 Å². The van der Waals surface area contributed by atoms with Crippen molar-refractivity contribution in [1.29, 1.82) is 0 Å². The molecule has 1 atom stereocenters. The average Bonchev–Trinajstić information content (AvgIpc) is 2.36. The molecule has 6 heteroatoms. The number of carbonyl (C=O) groups excluding carboxylic acids is 2. The molecule has 2 N–H and O–H groups in total. The summed E-state index contributed by atoms with van der Waals surface area (Å²) in [7, 11) is 2.05. The van der Waals surface area contributed by atoms with E-state index in [0.717, 1.165) is 26.2 Å². The molecular weight excluding hydrogens is 232 g/mol. The fourth-order valence-electron chi connectivity index (χ4n) is 1.83. The van der Waals surface area contributed by atoms with Gasteiger partial charge in [0, 0.05) is 32.7 Å². The van der Waals surface area contributed by atoms with E-state index in [2.05, 4.69) is 22.6 Å². The summed E-state index contributed by atoms with van der Waals surface area (Å²) in [5.41, 5.74) is 0. The second-order valence-corrected chi connectivity index (χ2v) is 4.68. The van der Waals surface area contributed by atoms with Gasteiger partial charge in [-0.2, -0.15) is 0 Å². The molecule has 1 aliphatic rings. The summed E-state index contributed by atoms with van der Waals surface area (Å²) < 4.78 is 0. The smallest absolute Gasteiger partial charge is 0.236 e. The Morgan fingerprint density at radius 2 is 1.83 bits per heavy atom. The van der Waals surface area contributed by atoms with Gasteiger partial charge in [0.05, 0.1) is 12.6 Å². The van der Waals surface area contributed by atoms with E-state index in [1.54, 1.807) is 6.92 Å². The minimum Gasteiger partial charge on any atom is -0.355 e. The van der Waals surface area contributed by atoms with E-state index in [0.29, 0.717) is 6.54 Å². The zero-order valence-corrected chi connectivity index (χ0v) is 11.5. The van der Waals surface area contributed by atoms with Crippen LogP contribution < -0.4 is 10.6 Å². The summed E-state index contributed by atoms with van der Waals surface area (Å²) >= 11 is 0. The van der Waals surface area contributed by atoms with Gasteiger partial charge in [-0.25, -0.2) is 0 Å². The van der Waals surface area contributed by atoms with Crippen LogP contribution in [0.25, 0.3) is 0 Å². The van der Waals surface area contributed by atoms with Crippen LogP contribution >= 0.6 is 0 Å². The molecule has 18 heavy (non-hydrogen) atoms. The third kappa shape index (κ3) is 4.62. The van der Waals surface area contributed by atoms with E-state index < -0.39 is 0 Å². The zero-order valence-electron chi connectivity index (χ0n) is 11.5. The molecular formula is C12H24N4O2. The minimum atomic E-state index is -0.332. The van der Waals surface area contributed by atoms with Crippen LogP contribution in [0.4, 0.5) is 0 Å². The van der Waals surface area contributed by atoms with Crippen molar-refractivity contribution in [3.63, 3.8) is 0 Å². The van der Waals surface area contributed by atoms with E-state index in [4.69, 9.17) is 0 Å². The van der Waals surface area contributed by atoms with Crippen molar-refractivity contribution < 1.29 is 9.59 Å². The van der Waals surface area contributed by atoms with Crippen molar-refractivity contribution in [2.45, 2.75) is 19.9 Å². The molecule has 1 unspecified atom stereocenters. The lowest BCUT2D eigenvalue weighted by atomic mass is 10.3. The SMILES string of the molecule is CCNC(=O)C(C)NCC(=O)N1CCN(C)CC1. The molecule has 6 nitrogen and oxygen atoms in total. The Morgan fingerprint density at radius 1 is 1.22 bits per heavy atom. The van der Waals surface area contributed by atoms with Crippen LogP contribution in [0, 0.1) is 0 Å². The monoisotopic (exact) mass is 256 g/mol. The Morgan fingerprint density at radius 3 is 2.39 bits per heavy atom. The predicted octanol–water partition coefficient (Wildman–Crippen LogP) is -1.13. The van der Waals surface area contributed by atoms with E-state index >= 15 is 0 Å². The fraction of sp³-hybridized carbons (Fsp3) is 0.833. The molecule has 0 spiro atoms. The number of rotatable bonds is 5. The van der Waals surface area contributed by atoms with E-state index in [9.17, 15) is 9.59 Å². The third-order valence-electron chi connectivity index (χ3n) is 3.16. The molecule has 104 valence electrons. The first kappa shape index (κ1) is 14.9. The highest BCUT2D eigenvalue weighted by Gasteiger charge is 2.20. The first-order valence-electron chi connectivity index (χ1n) is 6.52. The number of carbonyl (C=O) groups is 2. The highest BCUT2D eigenvalue weighted by Crippen LogP contribution is 1.99. The van der Waals surface area contributed by atoms with Gasteiger partial charge in [0.2, 0.25) is 11.8 Å². The summed E-state index contributed by atoms with van der Waals surface area (Å²) in [5, 5.41) is 5.68. The average molecular weight is 256 g/mol. The van der Waals surface area contributed by atoms with Gasteiger partial charge in [-0.1, -0.05) is 0 Å². The molecule has 0 aromatic rings. The second kappa shape index (κ2) is 7.33. The van der Waals surface area contributed by atoms with Crippen molar-refractivity contribution in [1.82, 2.24) is 20.4 Å². The molecule has 1 rings (SSSR count). The largest absolute Gasteiger partial charge is 0.355 e. The normalized spacial score (nSPS) is 18.5. The number of nitrogens with zero attached hydrogens (tertiary/aromatic N) is 2. The number of hydrogen-bond acceptors (Lipinski definition) is 4. The maximum atomic E-state index is 11.9. The highest BCUT2D eigenvalue weighted by molar-refractivity contribution is 5.83. The Bertz CT molecular complexity index is 288. The highest BCUT2D eigenvalue weighted by atomic mass is 16.2. The molecule has 0 aliphatic carbocycles. The quantitative estimate of drug-likeness (QED) is 0.654. The van der Waals surface area contributed by atoms with Crippen molar-refractivity contribution in [3.8, 4) is 0 Å². The number of hydrogen-bond donors (Lipinski definition) is 2. The van der Waals surface area contributed by atoms with Crippen molar-refractivity contribution in [2.24, 2.45) is 0 Å². The van der Waals surface area contributed by atoms with Gasteiger partial charge in [0.15, 0.2) is 0 Å². The fourth-order valence-corrected chi connectivity index (χ4v) is 1.83. The molecule has 0 aromatic carbocycles. The minimum absolute atomic E-state index is 0.0660. The van der Waals surface area contributed by atoms with Gasteiger partial charge in [0.25, 0.3) is 0 Å². The molecule has 0 radical (unpaired) electrons. The number of nitrogens with one attached hydrogen (secondary N) is 2. The Labute approximate surface area is 109 Å². The second-order valence-electron chi connectivity index (χ2n) is 4.68. The van der Waals surface area contributed by atoms with Crippen LogP contribution in [0.2, 0.25) is 0 Å². The van der Waals surface area contributed by atoms with Crippen molar-refractivity contribution >= 4 is 11.8 Å². The molecule has 1 fully saturated rings. The Hall–Kier alpha value is -1.14. The van der Waals surface area contributed by atoms with Crippen LogP contribution in [0.1, 0.15) is 13.8 Å². The first-order valence-corrected chi connectivity index (χ1v) is 6.52. The predicted molar refractivity (Wildman–Crippen MR) is 70.2 cm³/mol. The molecule has 2 amide bonds. The summed E-state index contributed by atoms with van der Waals surface area (Å²) in [6, 6.07) is -0.332. The van der Waals surface area contributed by atoms with Crippen LogP contribution in [0.5, 0.6) is 0 Å². The van der Waals surface area contributed by atoms with E-state index in [1.807, 2.05) is 11.8 Å². The summed E-state index contributed by atoms with van der Waals surface area (Å²) in [6.45, 7) is 7.84. The van der Waals surface area contributed by atoms with Crippen molar-refractivity contribution in [2.75, 3.05) is 46.3 Å². The van der Waals surface area contributed by atoms with Crippen LogP contribution in [-0.2, 0) is 9.59 Å². The van der Waals surface area contributed by atoms with Crippen LogP contribution in [0.3, 0.4) is 0 Å². The standard InChI is InChI=1S/C12H24N4O2/c1-4-13-12(18)10(2)14-9-11(17)16-7-5-15(3)6-8-16/h10,14H,4-9H2,1-3H3,(H,13,18). The van der Waals surface area contributed by atoms with E-state index in [1.165, 1.54) is 0 Å². The van der Waals surface area contributed by atoms with E-state index in [-0.39, 0.29) is 24.4 Å². The lowest BCUT2D eigenvalue weighted by Crippen LogP contribution is -2.51. The summed E-state index contributed by atoms with van der Waals surface area (Å²) in [6.07, 6.45) is 0. The lowest BCUT2D eigenvalue weighted by molar-refractivity contribution is -0.132. The third-order valence-corrected chi connectivity index (χ3v) is 3.16. The molecule has 0 saturated carbocycles. The Balaban J connectivity index is 2.26. The number of amides is 2. The van der Waals surface area contributed by atoms with Gasteiger partial charge >= 0.3 is 0 Å². The summed E-state index contributed by atoms with van der Waals surface area (Å²) in [5.74, 6) is 0.00271. The maximum absolute atomic E-state index is 11.9. The van der Waals surface area contributed by atoms with Crippen molar-refractivity contribution in [3.05, 3.63) is 0 Å².